The van der Waals surface area contributed by atoms with E-state index in [0.29, 0.717) is 11.5 Å². The quantitative estimate of drug-likeness (QED) is 0.423. The second-order valence-electron chi connectivity index (χ2n) is 7.35. The van der Waals surface area contributed by atoms with Gasteiger partial charge < -0.3 is 14.8 Å². The number of halogens is 1. The minimum Gasteiger partial charge on any atom is -0.493 e. The second kappa shape index (κ2) is 8.86. The fraction of sp³-hybridized carbons (Fsp3) is 0.250. The van der Waals surface area contributed by atoms with E-state index in [2.05, 4.69) is 5.32 Å². The average Bonchev–Trinajstić information content (AvgIpc) is 3.10. The van der Waals surface area contributed by atoms with Crippen molar-refractivity contribution in [2.75, 3.05) is 26.1 Å². The van der Waals surface area contributed by atoms with E-state index in [1.807, 2.05) is 66.9 Å². The molecule has 2 aromatic heterocycles. The Balaban J connectivity index is 1.67. The molecule has 0 saturated heterocycles. The van der Waals surface area contributed by atoms with Crippen LogP contribution in [0.25, 0.3) is 16.8 Å². The van der Waals surface area contributed by atoms with Gasteiger partial charge in [-0.25, -0.2) is 4.98 Å². The van der Waals surface area contributed by atoms with Crippen molar-refractivity contribution in [1.82, 2.24) is 14.6 Å². The summed E-state index contributed by atoms with van der Waals surface area (Å²) in [7, 11) is 3.26. The van der Waals surface area contributed by atoms with Gasteiger partial charge in [-0.15, -0.1) is 0 Å². The van der Waals surface area contributed by atoms with Crippen molar-refractivity contribution in [3.8, 4) is 22.6 Å². The molecule has 4 aromatic rings. The minimum atomic E-state index is 0.674. The number of rotatable bonds is 7. The van der Waals surface area contributed by atoms with Crippen LogP contribution in [0.3, 0.4) is 0 Å². The molecule has 0 unspecified atom stereocenters. The maximum atomic E-state index is 5.98. The van der Waals surface area contributed by atoms with E-state index in [0.717, 1.165) is 52.0 Å². The molecule has 0 aliphatic carbocycles. The largest absolute Gasteiger partial charge is 0.493 e. The smallest absolute Gasteiger partial charge is 0.165 e. The van der Waals surface area contributed by atoms with Crippen molar-refractivity contribution in [3.05, 3.63) is 70.5 Å². The molecule has 7 heteroatoms. The van der Waals surface area contributed by atoms with Crippen LogP contribution < -0.4 is 14.8 Å². The van der Waals surface area contributed by atoms with Crippen molar-refractivity contribution in [2.24, 2.45) is 0 Å². The van der Waals surface area contributed by atoms with E-state index in [1.54, 1.807) is 14.2 Å². The second-order valence-corrected chi connectivity index (χ2v) is 7.79. The number of aromatic nitrogens is 3. The van der Waals surface area contributed by atoms with Gasteiger partial charge in [0.15, 0.2) is 17.1 Å². The van der Waals surface area contributed by atoms with Gasteiger partial charge >= 0.3 is 0 Å². The molecule has 2 heterocycles. The normalized spacial score (nSPS) is 11.0. The van der Waals surface area contributed by atoms with Crippen LogP contribution in [0.2, 0.25) is 5.02 Å². The summed E-state index contributed by atoms with van der Waals surface area (Å²) in [5.41, 5.74) is 5.80. The molecular weight excluding hydrogens is 412 g/mol. The van der Waals surface area contributed by atoms with Crippen LogP contribution in [0.5, 0.6) is 11.5 Å². The molecule has 31 heavy (non-hydrogen) atoms. The molecule has 0 spiro atoms. The van der Waals surface area contributed by atoms with E-state index in [9.17, 15) is 0 Å². The van der Waals surface area contributed by atoms with Crippen LogP contribution in [0, 0.1) is 13.8 Å². The number of ether oxygens (including phenoxy) is 2. The van der Waals surface area contributed by atoms with E-state index in [-0.39, 0.29) is 0 Å². The van der Waals surface area contributed by atoms with E-state index in [4.69, 9.17) is 31.2 Å². The lowest BCUT2D eigenvalue weighted by molar-refractivity contribution is 0.355. The summed E-state index contributed by atoms with van der Waals surface area (Å²) in [6.07, 6.45) is 0.878. The predicted molar refractivity (Wildman–Crippen MR) is 125 cm³/mol. The van der Waals surface area contributed by atoms with Gasteiger partial charge in [0.1, 0.15) is 5.82 Å². The summed E-state index contributed by atoms with van der Waals surface area (Å²) < 4.78 is 12.7. The summed E-state index contributed by atoms with van der Waals surface area (Å²) >= 11 is 5.98. The molecule has 6 nitrogen and oxygen atoms in total. The Morgan fingerprint density at radius 3 is 2.42 bits per heavy atom. The van der Waals surface area contributed by atoms with Gasteiger partial charge in [0.25, 0.3) is 0 Å². The molecule has 2 aromatic carbocycles. The molecule has 0 amide bonds. The number of nitrogens with zero attached hydrogens (tertiary/aromatic N) is 3. The zero-order valence-corrected chi connectivity index (χ0v) is 18.8. The third-order valence-corrected chi connectivity index (χ3v) is 5.45. The van der Waals surface area contributed by atoms with Gasteiger partial charge in [-0.2, -0.15) is 9.61 Å². The molecule has 1 N–H and O–H groups in total. The molecule has 0 radical (unpaired) electrons. The van der Waals surface area contributed by atoms with Gasteiger partial charge in [-0.05, 0) is 55.7 Å². The summed E-state index contributed by atoms with van der Waals surface area (Å²) in [5.74, 6) is 2.27. The van der Waals surface area contributed by atoms with Crippen LogP contribution in [-0.2, 0) is 6.42 Å². The molecular formula is C24H25ClN4O2. The van der Waals surface area contributed by atoms with Crippen LogP contribution in [0.4, 0.5) is 5.82 Å². The topological polar surface area (TPSA) is 60.7 Å². The third kappa shape index (κ3) is 4.30. The third-order valence-electron chi connectivity index (χ3n) is 5.20. The zero-order valence-electron chi connectivity index (χ0n) is 18.1. The Morgan fingerprint density at radius 1 is 0.968 bits per heavy atom. The fourth-order valence-corrected chi connectivity index (χ4v) is 3.81. The van der Waals surface area contributed by atoms with Crippen LogP contribution >= 0.6 is 11.6 Å². The summed E-state index contributed by atoms with van der Waals surface area (Å²) in [6, 6.07) is 15.8. The van der Waals surface area contributed by atoms with Gasteiger partial charge in [-0.1, -0.05) is 29.8 Å². The molecule has 0 bridgehead atoms. The first kappa shape index (κ1) is 21.0. The van der Waals surface area contributed by atoms with E-state index < -0.39 is 0 Å². The molecule has 0 aliphatic rings. The Kier molecular flexibility index (Phi) is 6.00. The number of fused-ring (bicyclic) bond motifs is 1. The monoisotopic (exact) mass is 436 g/mol. The predicted octanol–water partition coefficient (Wildman–Crippen LogP) is 5.34. The van der Waals surface area contributed by atoms with Crippen LogP contribution in [0.1, 0.15) is 17.0 Å². The number of benzene rings is 2. The van der Waals surface area contributed by atoms with Crippen molar-refractivity contribution in [1.29, 1.82) is 0 Å². The number of aryl methyl sites for hydroxylation is 2. The highest BCUT2D eigenvalue weighted by Gasteiger charge is 2.17. The molecule has 4 rings (SSSR count). The highest BCUT2D eigenvalue weighted by molar-refractivity contribution is 6.30. The maximum Gasteiger partial charge on any atom is 0.165 e. The number of anilines is 1. The highest BCUT2D eigenvalue weighted by atomic mass is 35.5. The summed E-state index contributed by atoms with van der Waals surface area (Å²) in [4.78, 5) is 4.78. The maximum absolute atomic E-state index is 5.98. The van der Waals surface area contributed by atoms with Gasteiger partial charge in [0, 0.05) is 28.9 Å². The van der Waals surface area contributed by atoms with Crippen LogP contribution in [0.15, 0.2) is 48.5 Å². The molecule has 160 valence electrons. The van der Waals surface area contributed by atoms with Gasteiger partial charge in [-0.3, -0.25) is 0 Å². The number of hydrogen-bond donors (Lipinski definition) is 1. The van der Waals surface area contributed by atoms with Gasteiger partial charge in [0.05, 0.1) is 19.9 Å². The van der Waals surface area contributed by atoms with Crippen molar-refractivity contribution < 1.29 is 9.47 Å². The summed E-state index contributed by atoms with van der Waals surface area (Å²) in [6.45, 7) is 4.75. The average molecular weight is 437 g/mol. The standard InChI is InChI=1S/C24H25ClN4O2/c1-15-13-22(26-12-11-17-5-8-19(25)9-6-17)29-24(27-15)23(16(2)28-29)18-7-10-20(30-3)21(14-18)31-4/h5-10,13-14,26H,11-12H2,1-4H3. The molecule has 0 atom stereocenters. The van der Waals surface area contributed by atoms with E-state index >= 15 is 0 Å². The van der Waals surface area contributed by atoms with Crippen molar-refractivity contribution in [2.45, 2.75) is 20.3 Å². The first-order valence-electron chi connectivity index (χ1n) is 10.1. The molecule has 0 fully saturated rings. The fourth-order valence-electron chi connectivity index (χ4n) is 3.69. The number of methoxy groups -OCH3 is 2. The Morgan fingerprint density at radius 2 is 1.71 bits per heavy atom. The lowest BCUT2D eigenvalue weighted by atomic mass is 10.1. The lowest BCUT2D eigenvalue weighted by Gasteiger charge is -2.11. The number of hydrogen-bond acceptors (Lipinski definition) is 5. The van der Waals surface area contributed by atoms with Gasteiger partial charge in [0.2, 0.25) is 0 Å². The molecule has 0 aliphatic heterocycles. The summed E-state index contributed by atoms with van der Waals surface area (Å²) in [5, 5.41) is 9.02. The lowest BCUT2D eigenvalue weighted by Crippen LogP contribution is -2.10. The zero-order chi connectivity index (χ0) is 22.0. The van der Waals surface area contributed by atoms with Crippen molar-refractivity contribution >= 4 is 23.1 Å². The Hall–Kier alpha value is -3.25. The van der Waals surface area contributed by atoms with Crippen LogP contribution in [-0.4, -0.2) is 35.4 Å². The highest BCUT2D eigenvalue weighted by Crippen LogP contribution is 2.35. The first-order valence-corrected chi connectivity index (χ1v) is 10.5. The minimum absolute atomic E-state index is 0.674. The van der Waals surface area contributed by atoms with Crippen molar-refractivity contribution in [3.63, 3.8) is 0 Å². The number of nitrogens with one attached hydrogen (secondary N) is 1. The SMILES string of the molecule is COc1ccc(-c2c(C)nn3c(NCCc4ccc(Cl)cc4)cc(C)nc23)cc1OC. The Labute approximate surface area is 186 Å². The van der Waals surface area contributed by atoms with E-state index in [1.165, 1.54) is 5.56 Å². The molecule has 0 saturated carbocycles. The Bertz CT molecular complexity index is 1220. The first-order chi connectivity index (χ1) is 15.0.